The summed E-state index contributed by atoms with van der Waals surface area (Å²) in [7, 11) is 0. The molecule has 0 radical (unpaired) electrons. The summed E-state index contributed by atoms with van der Waals surface area (Å²) in [5, 5.41) is 3.33. The smallest absolute Gasteiger partial charge is 0.214 e. The predicted molar refractivity (Wildman–Crippen MR) is 68.5 cm³/mol. The summed E-state index contributed by atoms with van der Waals surface area (Å²) in [6, 6.07) is 5.38. The van der Waals surface area contributed by atoms with E-state index in [4.69, 9.17) is 0 Å². The van der Waals surface area contributed by atoms with E-state index < -0.39 is 5.95 Å². The molecule has 1 heterocycles. The normalized spacial score (nSPS) is 24.6. The molecule has 0 bridgehead atoms. The van der Waals surface area contributed by atoms with Crippen molar-refractivity contribution in [3.8, 4) is 0 Å². The van der Waals surface area contributed by atoms with Crippen LogP contribution in [0.4, 0.5) is 10.2 Å². The monoisotopic (exact) mass is 236 g/mol. The fraction of sp³-hybridized carbons (Fsp3) is 0.643. The fourth-order valence-corrected chi connectivity index (χ4v) is 2.70. The maximum absolute atomic E-state index is 12.9. The Morgan fingerprint density at radius 1 is 1.29 bits per heavy atom. The lowest BCUT2D eigenvalue weighted by Crippen LogP contribution is -2.26. The lowest BCUT2D eigenvalue weighted by molar-refractivity contribution is 0.318. The molecule has 0 aliphatic heterocycles. The highest BCUT2D eigenvalue weighted by molar-refractivity contribution is 5.34. The number of aromatic nitrogens is 1. The molecule has 2 rings (SSSR count). The van der Waals surface area contributed by atoms with Crippen molar-refractivity contribution in [2.75, 3.05) is 5.32 Å². The lowest BCUT2D eigenvalue weighted by atomic mass is 9.83. The molecule has 1 aromatic rings. The second-order valence-corrected chi connectivity index (χ2v) is 5.00. The van der Waals surface area contributed by atoms with Crippen LogP contribution >= 0.6 is 0 Å². The fourth-order valence-electron chi connectivity index (χ4n) is 2.70. The van der Waals surface area contributed by atoms with Crippen molar-refractivity contribution < 1.29 is 4.39 Å². The van der Waals surface area contributed by atoms with Gasteiger partial charge in [-0.15, -0.1) is 0 Å². The molecule has 1 N–H and O–H groups in total. The van der Waals surface area contributed by atoms with Crippen LogP contribution in [0.5, 0.6) is 0 Å². The number of hydrogen-bond acceptors (Lipinski definition) is 2. The van der Waals surface area contributed by atoms with Crippen LogP contribution in [0.25, 0.3) is 0 Å². The first-order valence-corrected chi connectivity index (χ1v) is 6.67. The van der Waals surface area contributed by atoms with E-state index in [9.17, 15) is 4.39 Å². The largest absolute Gasteiger partial charge is 0.367 e. The first kappa shape index (κ1) is 12.3. The molecule has 0 saturated heterocycles. The van der Waals surface area contributed by atoms with E-state index in [0.717, 1.165) is 5.92 Å². The summed E-state index contributed by atoms with van der Waals surface area (Å²) in [4.78, 5) is 3.84. The second kappa shape index (κ2) is 5.99. The zero-order valence-electron chi connectivity index (χ0n) is 10.5. The summed E-state index contributed by atoms with van der Waals surface area (Å²) in [5.41, 5.74) is 0. The Labute approximate surface area is 103 Å². The van der Waals surface area contributed by atoms with Crippen molar-refractivity contribution in [2.45, 2.75) is 51.5 Å². The molecule has 1 aliphatic carbocycles. The van der Waals surface area contributed by atoms with Gasteiger partial charge in [-0.05, 0) is 43.7 Å². The van der Waals surface area contributed by atoms with Gasteiger partial charge in [0.25, 0.3) is 0 Å². The summed E-state index contributed by atoms with van der Waals surface area (Å²) in [6.45, 7) is 2.25. The van der Waals surface area contributed by atoms with Gasteiger partial charge in [-0.3, -0.25) is 0 Å². The van der Waals surface area contributed by atoms with Crippen molar-refractivity contribution in [3.63, 3.8) is 0 Å². The van der Waals surface area contributed by atoms with E-state index in [1.54, 1.807) is 6.07 Å². The van der Waals surface area contributed by atoms with Crippen molar-refractivity contribution in [3.05, 3.63) is 24.1 Å². The maximum atomic E-state index is 12.9. The molecule has 0 spiro atoms. The minimum absolute atomic E-state index is 0.408. The molecule has 1 aliphatic rings. The van der Waals surface area contributed by atoms with Crippen molar-refractivity contribution in [1.82, 2.24) is 4.98 Å². The van der Waals surface area contributed by atoms with Crippen LogP contribution in [0.15, 0.2) is 18.2 Å². The zero-order valence-corrected chi connectivity index (χ0v) is 10.5. The van der Waals surface area contributed by atoms with E-state index in [0.29, 0.717) is 11.9 Å². The van der Waals surface area contributed by atoms with Crippen molar-refractivity contribution in [1.29, 1.82) is 0 Å². The Morgan fingerprint density at radius 2 is 2.06 bits per heavy atom. The predicted octanol–water partition coefficient (Wildman–Crippen LogP) is 3.99. The SMILES string of the molecule is CCCC1CCC(Nc2cccc(F)n2)CC1. The first-order valence-electron chi connectivity index (χ1n) is 6.67. The van der Waals surface area contributed by atoms with Gasteiger partial charge in [0.1, 0.15) is 5.82 Å². The highest BCUT2D eigenvalue weighted by atomic mass is 19.1. The molecule has 1 fully saturated rings. The lowest BCUT2D eigenvalue weighted by Gasteiger charge is -2.29. The van der Waals surface area contributed by atoms with E-state index in [1.165, 1.54) is 44.6 Å². The molecule has 2 nitrogen and oxygen atoms in total. The Bertz CT molecular complexity index is 346. The number of hydrogen-bond donors (Lipinski definition) is 1. The van der Waals surface area contributed by atoms with Gasteiger partial charge in [0.2, 0.25) is 5.95 Å². The molecule has 0 amide bonds. The summed E-state index contributed by atoms with van der Waals surface area (Å²) in [5.74, 6) is 1.16. The molecule has 17 heavy (non-hydrogen) atoms. The average Bonchev–Trinajstić information content (AvgIpc) is 2.32. The summed E-state index contributed by atoms with van der Waals surface area (Å²) in [6.07, 6.45) is 7.59. The Morgan fingerprint density at radius 3 is 2.71 bits per heavy atom. The summed E-state index contributed by atoms with van der Waals surface area (Å²) < 4.78 is 12.9. The van der Waals surface area contributed by atoms with Crippen LogP contribution in [0.3, 0.4) is 0 Å². The molecular weight excluding hydrogens is 215 g/mol. The van der Waals surface area contributed by atoms with Crippen LogP contribution in [-0.4, -0.2) is 11.0 Å². The highest BCUT2D eigenvalue weighted by Gasteiger charge is 2.20. The van der Waals surface area contributed by atoms with Crippen LogP contribution in [0.1, 0.15) is 45.4 Å². The molecule has 1 saturated carbocycles. The quantitative estimate of drug-likeness (QED) is 0.799. The number of nitrogens with zero attached hydrogens (tertiary/aromatic N) is 1. The number of halogens is 1. The second-order valence-electron chi connectivity index (χ2n) is 5.00. The maximum Gasteiger partial charge on any atom is 0.214 e. The molecule has 94 valence electrons. The van der Waals surface area contributed by atoms with E-state index in [-0.39, 0.29) is 0 Å². The van der Waals surface area contributed by atoms with Gasteiger partial charge >= 0.3 is 0 Å². The van der Waals surface area contributed by atoms with E-state index in [2.05, 4.69) is 17.2 Å². The van der Waals surface area contributed by atoms with Gasteiger partial charge in [-0.1, -0.05) is 25.8 Å². The standard InChI is InChI=1S/C14H21FN2/c1-2-4-11-7-9-12(10-8-11)16-14-6-3-5-13(15)17-14/h3,5-6,11-12H,2,4,7-10H2,1H3,(H,16,17). The number of anilines is 1. The molecule has 0 unspecified atom stereocenters. The van der Waals surface area contributed by atoms with Gasteiger partial charge in [-0.2, -0.15) is 4.39 Å². The van der Waals surface area contributed by atoms with E-state index >= 15 is 0 Å². The first-order chi connectivity index (χ1) is 8.28. The van der Waals surface area contributed by atoms with Gasteiger partial charge in [0, 0.05) is 6.04 Å². The third kappa shape index (κ3) is 3.69. The van der Waals surface area contributed by atoms with Crippen LogP contribution in [0.2, 0.25) is 0 Å². The van der Waals surface area contributed by atoms with Gasteiger partial charge < -0.3 is 5.32 Å². The minimum atomic E-state index is -0.408. The Kier molecular flexibility index (Phi) is 4.35. The van der Waals surface area contributed by atoms with Gasteiger partial charge in [0.05, 0.1) is 0 Å². The van der Waals surface area contributed by atoms with E-state index in [1.807, 2.05) is 6.07 Å². The number of nitrogens with one attached hydrogen (secondary N) is 1. The number of rotatable bonds is 4. The molecule has 0 aromatic carbocycles. The minimum Gasteiger partial charge on any atom is -0.367 e. The Hall–Kier alpha value is -1.12. The third-order valence-corrected chi connectivity index (χ3v) is 3.61. The van der Waals surface area contributed by atoms with Crippen LogP contribution in [0, 0.1) is 11.9 Å². The third-order valence-electron chi connectivity index (χ3n) is 3.61. The summed E-state index contributed by atoms with van der Waals surface area (Å²) >= 11 is 0. The van der Waals surface area contributed by atoms with Crippen molar-refractivity contribution in [2.24, 2.45) is 5.92 Å². The van der Waals surface area contributed by atoms with Gasteiger partial charge in [-0.25, -0.2) is 4.98 Å². The van der Waals surface area contributed by atoms with Gasteiger partial charge in [0.15, 0.2) is 0 Å². The Balaban J connectivity index is 1.82. The molecular formula is C14H21FN2. The van der Waals surface area contributed by atoms with Crippen LogP contribution < -0.4 is 5.32 Å². The number of pyridine rings is 1. The molecule has 0 atom stereocenters. The topological polar surface area (TPSA) is 24.9 Å². The zero-order chi connectivity index (χ0) is 12.1. The molecule has 1 aromatic heterocycles. The van der Waals surface area contributed by atoms with Crippen molar-refractivity contribution >= 4 is 5.82 Å². The average molecular weight is 236 g/mol. The highest BCUT2D eigenvalue weighted by Crippen LogP contribution is 2.29. The molecule has 3 heteroatoms. The van der Waals surface area contributed by atoms with Crippen LogP contribution in [-0.2, 0) is 0 Å².